The Bertz CT molecular complexity index is 963. The second-order valence-electron chi connectivity index (χ2n) is 5.41. The molecule has 1 aromatic heterocycles. The number of halogens is 1. The van der Waals surface area contributed by atoms with Crippen molar-refractivity contribution < 1.29 is 23.8 Å². The number of ether oxygens (including phenoxy) is 3. The first-order valence-corrected chi connectivity index (χ1v) is 9.00. The molecule has 0 aliphatic carbocycles. The lowest BCUT2D eigenvalue weighted by atomic mass is 10.2. The molecule has 2 aromatic rings. The lowest BCUT2D eigenvalue weighted by Crippen LogP contribution is -2.29. The van der Waals surface area contributed by atoms with Crippen molar-refractivity contribution in [2.75, 3.05) is 12.1 Å². The first-order valence-electron chi connectivity index (χ1n) is 7.74. The molecule has 0 fully saturated rings. The molecule has 3 rings (SSSR count). The SMILES string of the molecule is C[C@@H](OC(=O)/C=C/c1cc(Cl)c2c(c1)OCO2)C(=O)Nc1sccc1C#N. The molecular formula is C18H13ClN2O5S. The van der Waals surface area contributed by atoms with Crippen LogP contribution < -0.4 is 14.8 Å². The van der Waals surface area contributed by atoms with Gasteiger partial charge in [-0.25, -0.2) is 4.79 Å². The van der Waals surface area contributed by atoms with Crippen LogP contribution in [0.3, 0.4) is 0 Å². The van der Waals surface area contributed by atoms with Crippen LogP contribution in [-0.2, 0) is 14.3 Å². The topological polar surface area (TPSA) is 97.7 Å². The van der Waals surface area contributed by atoms with Crippen molar-refractivity contribution in [1.82, 2.24) is 0 Å². The fourth-order valence-electron chi connectivity index (χ4n) is 2.22. The third kappa shape index (κ3) is 4.39. The number of hydrogen-bond donors (Lipinski definition) is 1. The van der Waals surface area contributed by atoms with Gasteiger partial charge in [-0.05, 0) is 42.1 Å². The molecule has 1 N–H and O–H groups in total. The summed E-state index contributed by atoms with van der Waals surface area (Å²) in [5.74, 6) is -0.264. The minimum atomic E-state index is -1.03. The molecule has 0 radical (unpaired) electrons. The molecule has 0 spiro atoms. The number of nitrogens with one attached hydrogen (secondary N) is 1. The molecule has 0 bridgehead atoms. The van der Waals surface area contributed by atoms with Gasteiger partial charge in [0.25, 0.3) is 5.91 Å². The monoisotopic (exact) mass is 404 g/mol. The highest BCUT2D eigenvalue weighted by atomic mass is 35.5. The second kappa shape index (κ2) is 8.12. The number of esters is 1. The summed E-state index contributed by atoms with van der Waals surface area (Å²) >= 11 is 7.29. The number of rotatable bonds is 5. The zero-order valence-corrected chi connectivity index (χ0v) is 15.6. The molecule has 138 valence electrons. The standard InChI is InChI=1S/C18H13ClN2O5S/c1-10(17(23)21-18-12(8-20)4-5-27-18)26-15(22)3-2-11-6-13(19)16-14(7-11)24-9-25-16/h2-7,10H,9H2,1H3,(H,21,23)/b3-2+/t10-/m1/s1. The van der Waals surface area contributed by atoms with Crippen LogP contribution >= 0.6 is 22.9 Å². The van der Waals surface area contributed by atoms with E-state index in [-0.39, 0.29) is 6.79 Å². The van der Waals surface area contributed by atoms with Gasteiger partial charge in [0, 0.05) is 6.08 Å². The summed E-state index contributed by atoms with van der Waals surface area (Å²) in [5, 5.41) is 14.0. The molecule has 7 nitrogen and oxygen atoms in total. The maximum atomic E-state index is 12.1. The van der Waals surface area contributed by atoms with Crippen molar-refractivity contribution >= 4 is 45.9 Å². The number of hydrogen-bond acceptors (Lipinski definition) is 7. The van der Waals surface area contributed by atoms with Crippen LogP contribution in [0.15, 0.2) is 29.7 Å². The van der Waals surface area contributed by atoms with Crippen LogP contribution in [0.1, 0.15) is 18.1 Å². The van der Waals surface area contributed by atoms with Gasteiger partial charge in [-0.3, -0.25) is 4.79 Å². The van der Waals surface area contributed by atoms with Gasteiger partial charge in [0.05, 0.1) is 10.6 Å². The lowest BCUT2D eigenvalue weighted by molar-refractivity contribution is -0.148. The summed E-state index contributed by atoms with van der Waals surface area (Å²) < 4.78 is 15.5. The zero-order valence-electron chi connectivity index (χ0n) is 14.0. The van der Waals surface area contributed by atoms with E-state index >= 15 is 0 Å². The molecule has 1 atom stereocenters. The smallest absolute Gasteiger partial charge is 0.331 e. The van der Waals surface area contributed by atoms with Crippen molar-refractivity contribution in [1.29, 1.82) is 5.26 Å². The van der Waals surface area contributed by atoms with E-state index < -0.39 is 18.0 Å². The molecule has 0 saturated carbocycles. The lowest BCUT2D eigenvalue weighted by Gasteiger charge is -2.11. The number of thiophene rings is 1. The average molecular weight is 405 g/mol. The Labute approximate surface area is 163 Å². The van der Waals surface area contributed by atoms with Crippen LogP contribution in [0.2, 0.25) is 5.02 Å². The number of carbonyl (C=O) groups excluding carboxylic acids is 2. The molecular weight excluding hydrogens is 392 g/mol. The molecule has 1 amide bonds. The molecule has 0 saturated heterocycles. The van der Waals surface area contributed by atoms with E-state index in [2.05, 4.69) is 5.32 Å². The van der Waals surface area contributed by atoms with E-state index in [1.807, 2.05) is 6.07 Å². The summed E-state index contributed by atoms with van der Waals surface area (Å²) in [6, 6.07) is 6.86. The Kier molecular flexibility index (Phi) is 5.64. The maximum absolute atomic E-state index is 12.1. The van der Waals surface area contributed by atoms with Gasteiger partial charge < -0.3 is 19.5 Å². The molecule has 1 aromatic carbocycles. The Morgan fingerprint density at radius 1 is 1.44 bits per heavy atom. The van der Waals surface area contributed by atoms with Crippen LogP contribution in [-0.4, -0.2) is 24.8 Å². The van der Waals surface area contributed by atoms with Gasteiger partial charge >= 0.3 is 5.97 Å². The number of amides is 1. The molecule has 1 aliphatic rings. The summed E-state index contributed by atoms with van der Waals surface area (Å²) in [6.07, 6.45) is 1.65. The summed E-state index contributed by atoms with van der Waals surface area (Å²) in [5.41, 5.74) is 0.974. The van der Waals surface area contributed by atoms with Gasteiger partial charge in [-0.15, -0.1) is 11.3 Å². The molecule has 0 unspecified atom stereocenters. The number of nitriles is 1. The largest absolute Gasteiger partial charge is 0.454 e. The number of carbonyl (C=O) groups is 2. The van der Waals surface area contributed by atoms with Crippen molar-refractivity contribution in [3.05, 3.63) is 45.8 Å². The number of anilines is 1. The molecule has 1 aliphatic heterocycles. The average Bonchev–Trinajstić information content (AvgIpc) is 3.29. The van der Waals surface area contributed by atoms with Gasteiger partial charge in [-0.2, -0.15) is 5.26 Å². The van der Waals surface area contributed by atoms with E-state index in [0.29, 0.717) is 32.6 Å². The van der Waals surface area contributed by atoms with Crippen molar-refractivity contribution in [3.8, 4) is 17.6 Å². The Morgan fingerprint density at radius 3 is 3.04 bits per heavy atom. The van der Waals surface area contributed by atoms with Crippen molar-refractivity contribution in [2.45, 2.75) is 13.0 Å². The summed E-state index contributed by atoms with van der Waals surface area (Å²) in [7, 11) is 0. The van der Waals surface area contributed by atoms with Crippen molar-refractivity contribution in [2.24, 2.45) is 0 Å². The predicted molar refractivity (Wildman–Crippen MR) is 99.8 cm³/mol. The highest BCUT2D eigenvalue weighted by Crippen LogP contribution is 2.40. The highest BCUT2D eigenvalue weighted by Gasteiger charge is 2.19. The third-order valence-corrected chi connectivity index (χ3v) is 4.66. The number of nitrogens with zero attached hydrogens (tertiary/aromatic N) is 1. The van der Waals surface area contributed by atoms with Gasteiger partial charge in [0.1, 0.15) is 11.1 Å². The Balaban J connectivity index is 1.58. The normalized spacial score (nSPS) is 13.2. The van der Waals surface area contributed by atoms with Gasteiger partial charge in [0.15, 0.2) is 17.6 Å². The predicted octanol–water partition coefficient (Wildman–Crippen LogP) is 3.59. The van der Waals surface area contributed by atoms with E-state index in [1.165, 1.54) is 30.4 Å². The molecule has 2 heterocycles. The van der Waals surface area contributed by atoms with Crippen LogP contribution in [0.5, 0.6) is 11.5 Å². The van der Waals surface area contributed by atoms with Gasteiger partial charge in [0.2, 0.25) is 6.79 Å². The van der Waals surface area contributed by atoms with E-state index in [4.69, 9.17) is 31.1 Å². The minimum absolute atomic E-state index is 0.0919. The van der Waals surface area contributed by atoms with Crippen LogP contribution in [0.4, 0.5) is 5.00 Å². The third-order valence-electron chi connectivity index (χ3n) is 3.55. The van der Waals surface area contributed by atoms with E-state index in [9.17, 15) is 9.59 Å². The first-order chi connectivity index (χ1) is 13.0. The second-order valence-corrected chi connectivity index (χ2v) is 6.74. The van der Waals surface area contributed by atoms with Crippen LogP contribution in [0.25, 0.3) is 6.08 Å². The first kappa shape index (κ1) is 18.8. The molecule has 9 heteroatoms. The fourth-order valence-corrected chi connectivity index (χ4v) is 3.24. The minimum Gasteiger partial charge on any atom is -0.454 e. The number of benzene rings is 1. The summed E-state index contributed by atoms with van der Waals surface area (Å²) in [6.45, 7) is 1.53. The van der Waals surface area contributed by atoms with Crippen LogP contribution in [0, 0.1) is 11.3 Å². The van der Waals surface area contributed by atoms with Crippen molar-refractivity contribution in [3.63, 3.8) is 0 Å². The van der Waals surface area contributed by atoms with E-state index in [1.54, 1.807) is 23.6 Å². The highest BCUT2D eigenvalue weighted by molar-refractivity contribution is 7.14. The zero-order chi connectivity index (χ0) is 19.4. The fraction of sp³-hybridized carbons (Fsp3) is 0.167. The summed E-state index contributed by atoms with van der Waals surface area (Å²) in [4.78, 5) is 24.0. The number of fused-ring (bicyclic) bond motifs is 1. The Hall–Kier alpha value is -3.02. The molecule has 27 heavy (non-hydrogen) atoms. The Morgan fingerprint density at radius 2 is 2.26 bits per heavy atom. The maximum Gasteiger partial charge on any atom is 0.331 e. The van der Waals surface area contributed by atoms with E-state index in [0.717, 1.165) is 0 Å². The van der Waals surface area contributed by atoms with Gasteiger partial charge in [-0.1, -0.05) is 11.6 Å². The quantitative estimate of drug-likeness (QED) is 0.604.